The lowest BCUT2D eigenvalue weighted by molar-refractivity contribution is -0.138. The van der Waals surface area contributed by atoms with Gasteiger partial charge in [-0.15, -0.1) is 0 Å². The quantitative estimate of drug-likeness (QED) is 0.341. The number of hydrogen-bond acceptors (Lipinski definition) is 6. The molecule has 1 amide bonds. The van der Waals surface area contributed by atoms with Crippen LogP contribution in [0.15, 0.2) is 24.3 Å². The van der Waals surface area contributed by atoms with Gasteiger partial charge in [-0.3, -0.25) is 14.4 Å². The summed E-state index contributed by atoms with van der Waals surface area (Å²) in [7, 11) is 0. The van der Waals surface area contributed by atoms with Crippen LogP contribution in [0.4, 0.5) is 5.69 Å². The van der Waals surface area contributed by atoms with Gasteiger partial charge in [-0.2, -0.15) is 0 Å². The Bertz CT molecular complexity index is 587. The SMILES string of the molecule is CC(=O)Nc1ccc(C=O)cc1.NC1CCCCC1.NCCCCC(N)C(=O)O. The predicted molar refractivity (Wildman–Crippen MR) is 116 cm³/mol. The minimum atomic E-state index is -0.933. The molecule has 1 aliphatic carbocycles. The van der Waals surface area contributed by atoms with Crippen LogP contribution in [0.1, 0.15) is 68.6 Å². The Labute approximate surface area is 173 Å². The summed E-state index contributed by atoms with van der Waals surface area (Å²) in [6.07, 6.45) is 9.59. The van der Waals surface area contributed by atoms with Crippen molar-refractivity contribution in [3.63, 3.8) is 0 Å². The Hall–Kier alpha value is -2.29. The highest BCUT2D eigenvalue weighted by molar-refractivity contribution is 5.89. The summed E-state index contributed by atoms with van der Waals surface area (Å²) in [6.45, 7) is 2.04. The van der Waals surface area contributed by atoms with E-state index in [9.17, 15) is 14.4 Å². The second kappa shape index (κ2) is 16.6. The van der Waals surface area contributed by atoms with Crippen LogP contribution >= 0.6 is 0 Å². The minimum Gasteiger partial charge on any atom is -0.480 e. The van der Waals surface area contributed by atoms with Crippen molar-refractivity contribution in [3.8, 4) is 0 Å². The second-order valence-electron chi connectivity index (χ2n) is 7.05. The van der Waals surface area contributed by atoms with Crippen molar-refractivity contribution >= 4 is 23.9 Å². The highest BCUT2D eigenvalue weighted by Crippen LogP contribution is 2.14. The van der Waals surface area contributed by atoms with Crippen molar-refractivity contribution in [2.45, 2.75) is 70.4 Å². The van der Waals surface area contributed by atoms with E-state index in [0.717, 1.165) is 19.1 Å². The molecule has 0 radical (unpaired) electrons. The molecule has 0 heterocycles. The smallest absolute Gasteiger partial charge is 0.320 e. The lowest BCUT2D eigenvalue weighted by Crippen LogP contribution is -2.29. The maximum Gasteiger partial charge on any atom is 0.320 e. The van der Waals surface area contributed by atoms with Gasteiger partial charge in [0, 0.05) is 24.2 Å². The van der Waals surface area contributed by atoms with E-state index in [1.807, 2.05) is 0 Å². The van der Waals surface area contributed by atoms with Crippen molar-refractivity contribution in [2.24, 2.45) is 17.2 Å². The van der Waals surface area contributed by atoms with Gasteiger partial charge in [-0.05, 0) is 56.5 Å². The molecule has 0 aromatic heterocycles. The average molecular weight is 409 g/mol. The third kappa shape index (κ3) is 15.3. The van der Waals surface area contributed by atoms with Crippen LogP contribution in [0, 0.1) is 0 Å². The first-order valence-electron chi connectivity index (χ1n) is 10.1. The molecular weight excluding hydrogens is 372 g/mol. The van der Waals surface area contributed by atoms with E-state index in [-0.39, 0.29) is 5.91 Å². The molecule has 8 nitrogen and oxygen atoms in total. The summed E-state index contributed by atoms with van der Waals surface area (Å²) in [5.74, 6) is -1.05. The van der Waals surface area contributed by atoms with Crippen molar-refractivity contribution in [1.82, 2.24) is 0 Å². The van der Waals surface area contributed by atoms with Crippen LogP contribution in [-0.4, -0.2) is 41.9 Å². The molecule has 0 aliphatic heterocycles. The molecule has 1 aromatic carbocycles. The summed E-state index contributed by atoms with van der Waals surface area (Å²) < 4.78 is 0. The number of amides is 1. The predicted octanol–water partition coefficient (Wildman–Crippen LogP) is 2.26. The molecule has 29 heavy (non-hydrogen) atoms. The zero-order valence-electron chi connectivity index (χ0n) is 17.3. The van der Waals surface area contributed by atoms with Crippen molar-refractivity contribution < 1.29 is 19.5 Å². The summed E-state index contributed by atoms with van der Waals surface area (Å²) in [6, 6.07) is 6.49. The molecule has 0 bridgehead atoms. The van der Waals surface area contributed by atoms with E-state index in [4.69, 9.17) is 22.3 Å². The largest absolute Gasteiger partial charge is 0.480 e. The number of aldehydes is 1. The highest BCUT2D eigenvalue weighted by Gasteiger charge is 2.09. The fourth-order valence-corrected chi connectivity index (χ4v) is 2.61. The fourth-order valence-electron chi connectivity index (χ4n) is 2.61. The number of rotatable bonds is 7. The van der Waals surface area contributed by atoms with Crippen LogP contribution in [0.5, 0.6) is 0 Å². The molecule has 1 aliphatic rings. The normalized spacial score (nSPS) is 14.3. The molecule has 1 unspecified atom stereocenters. The zero-order chi connectivity index (χ0) is 22.1. The molecule has 0 spiro atoms. The molecule has 0 saturated heterocycles. The highest BCUT2D eigenvalue weighted by atomic mass is 16.4. The standard InChI is InChI=1S/C9H9NO2.C6H14N2O2.C6H13N/c1-7(12)10-9-4-2-8(6-11)3-5-9;7-4-2-1-3-5(8)6(9)10;7-6-4-2-1-3-5-6/h2-6H,1H3,(H,10,12);5H,1-4,7-8H2,(H,9,10);6H,1-5,7H2. The number of carbonyl (C=O) groups excluding carboxylic acids is 2. The number of hydrogen-bond donors (Lipinski definition) is 5. The first-order chi connectivity index (χ1) is 13.8. The Morgan fingerprint density at radius 3 is 2.14 bits per heavy atom. The van der Waals surface area contributed by atoms with Gasteiger partial charge in [-0.1, -0.05) is 25.7 Å². The summed E-state index contributed by atoms with van der Waals surface area (Å²) in [5, 5.41) is 10.9. The molecule has 164 valence electrons. The van der Waals surface area contributed by atoms with Gasteiger partial charge in [0.2, 0.25) is 5.91 Å². The lowest BCUT2D eigenvalue weighted by atomic mass is 9.97. The van der Waals surface area contributed by atoms with Gasteiger partial charge in [0.1, 0.15) is 12.3 Å². The number of carboxylic acid groups (broad SMARTS) is 1. The third-order valence-electron chi connectivity index (χ3n) is 4.30. The van der Waals surface area contributed by atoms with Gasteiger partial charge in [0.15, 0.2) is 0 Å². The van der Waals surface area contributed by atoms with E-state index < -0.39 is 12.0 Å². The van der Waals surface area contributed by atoms with Gasteiger partial charge in [0.05, 0.1) is 0 Å². The summed E-state index contributed by atoms with van der Waals surface area (Å²) in [5.41, 5.74) is 17.4. The maximum atomic E-state index is 10.6. The van der Waals surface area contributed by atoms with E-state index in [1.54, 1.807) is 24.3 Å². The molecule has 1 saturated carbocycles. The van der Waals surface area contributed by atoms with Gasteiger partial charge >= 0.3 is 5.97 Å². The summed E-state index contributed by atoms with van der Waals surface area (Å²) >= 11 is 0. The van der Waals surface area contributed by atoms with Crippen LogP contribution in [0.2, 0.25) is 0 Å². The third-order valence-corrected chi connectivity index (χ3v) is 4.30. The summed E-state index contributed by atoms with van der Waals surface area (Å²) in [4.78, 5) is 31.0. The topological polar surface area (TPSA) is 162 Å². The van der Waals surface area contributed by atoms with Crippen molar-refractivity contribution in [3.05, 3.63) is 29.8 Å². The van der Waals surface area contributed by atoms with Crippen LogP contribution in [0.3, 0.4) is 0 Å². The van der Waals surface area contributed by atoms with Crippen molar-refractivity contribution in [1.29, 1.82) is 0 Å². The number of benzene rings is 1. The molecule has 8 heteroatoms. The van der Waals surface area contributed by atoms with Crippen LogP contribution < -0.4 is 22.5 Å². The number of carboxylic acids is 1. The van der Waals surface area contributed by atoms with E-state index in [0.29, 0.717) is 30.3 Å². The second-order valence-corrected chi connectivity index (χ2v) is 7.05. The first kappa shape index (κ1) is 26.7. The average Bonchev–Trinajstić information content (AvgIpc) is 2.70. The molecule has 1 aromatic rings. The van der Waals surface area contributed by atoms with Crippen LogP contribution in [-0.2, 0) is 9.59 Å². The van der Waals surface area contributed by atoms with E-state index in [2.05, 4.69) is 5.32 Å². The maximum absolute atomic E-state index is 10.6. The number of carbonyl (C=O) groups is 3. The molecule has 1 atom stereocenters. The van der Waals surface area contributed by atoms with E-state index >= 15 is 0 Å². The number of nitrogens with two attached hydrogens (primary N) is 3. The molecule has 8 N–H and O–H groups in total. The molecular formula is C21H36N4O4. The molecule has 1 fully saturated rings. The zero-order valence-corrected chi connectivity index (χ0v) is 17.3. The Balaban J connectivity index is 0.000000419. The van der Waals surface area contributed by atoms with Crippen molar-refractivity contribution in [2.75, 3.05) is 11.9 Å². The van der Waals surface area contributed by atoms with Crippen LogP contribution in [0.25, 0.3) is 0 Å². The Morgan fingerprint density at radius 1 is 1.17 bits per heavy atom. The minimum absolute atomic E-state index is 0.117. The van der Waals surface area contributed by atoms with Gasteiger partial charge in [0.25, 0.3) is 0 Å². The molecule has 2 rings (SSSR count). The van der Waals surface area contributed by atoms with Gasteiger partial charge < -0.3 is 27.6 Å². The monoisotopic (exact) mass is 408 g/mol. The Kier molecular flexibility index (Phi) is 15.3. The number of aliphatic carboxylic acids is 1. The number of anilines is 1. The lowest BCUT2D eigenvalue weighted by Gasteiger charge is -2.15. The Morgan fingerprint density at radius 2 is 1.76 bits per heavy atom. The fraction of sp³-hybridized carbons (Fsp3) is 0.571. The number of unbranched alkanes of at least 4 members (excludes halogenated alkanes) is 1. The first-order valence-corrected chi connectivity index (χ1v) is 10.1. The van der Waals surface area contributed by atoms with Gasteiger partial charge in [-0.25, -0.2) is 0 Å². The number of nitrogens with one attached hydrogen (secondary N) is 1. The van der Waals surface area contributed by atoms with E-state index in [1.165, 1.54) is 39.0 Å².